The lowest BCUT2D eigenvalue weighted by Gasteiger charge is -2.21. The van der Waals surface area contributed by atoms with Gasteiger partial charge in [-0.1, -0.05) is 28.1 Å². The minimum Gasteiger partial charge on any atom is -0.492 e. The summed E-state index contributed by atoms with van der Waals surface area (Å²) in [4.78, 5) is 30.1. The maximum atomic E-state index is 12.7. The van der Waals surface area contributed by atoms with Gasteiger partial charge in [-0.2, -0.15) is 0 Å². The van der Waals surface area contributed by atoms with Crippen LogP contribution in [0.3, 0.4) is 0 Å². The number of hydrogen-bond acceptors (Lipinski definition) is 4. The fourth-order valence-corrected chi connectivity index (χ4v) is 2.94. The standard InChI is InChI=1S/C17H16BrN3O3/c1-17(12-4-3-7-19-11-12)15(22)21(16(23)20-17)8-9-24-14-6-2-5-13(18)10-14/h2-7,10-11H,8-9H2,1H3,(H,20,23). The van der Waals surface area contributed by atoms with Gasteiger partial charge >= 0.3 is 6.03 Å². The van der Waals surface area contributed by atoms with Gasteiger partial charge in [-0.25, -0.2) is 4.79 Å². The Labute approximate surface area is 148 Å². The minimum absolute atomic E-state index is 0.174. The van der Waals surface area contributed by atoms with Crippen LogP contribution >= 0.6 is 15.9 Å². The third-order valence-electron chi connectivity index (χ3n) is 3.89. The Kier molecular flexibility index (Phi) is 4.53. The van der Waals surface area contributed by atoms with Gasteiger partial charge in [0.2, 0.25) is 0 Å². The highest BCUT2D eigenvalue weighted by molar-refractivity contribution is 9.10. The molecule has 3 rings (SSSR count). The molecule has 6 nitrogen and oxygen atoms in total. The molecule has 2 aromatic rings. The van der Waals surface area contributed by atoms with Crippen LogP contribution in [-0.4, -0.2) is 35.0 Å². The van der Waals surface area contributed by atoms with Gasteiger partial charge < -0.3 is 10.1 Å². The van der Waals surface area contributed by atoms with Crippen molar-refractivity contribution < 1.29 is 14.3 Å². The number of urea groups is 1. The summed E-state index contributed by atoms with van der Waals surface area (Å²) in [6, 6.07) is 10.5. The van der Waals surface area contributed by atoms with E-state index in [9.17, 15) is 9.59 Å². The quantitative estimate of drug-likeness (QED) is 0.797. The molecule has 1 saturated heterocycles. The summed E-state index contributed by atoms with van der Waals surface area (Å²) in [5.74, 6) is 0.366. The van der Waals surface area contributed by atoms with Crippen molar-refractivity contribution in [3.05, 3.63) is 58.8 Å². The molecule has 7 heteroatoms. The molecule has 0 aliphatic carbocycles. The molecule has 1 aromatic carbocycles. The Bertz CT molecular complexity index is 769. The number of imide groups is 1. The lowest BCUT2D eigenvalue weighted by Crippen LogP contribution is -2.41. The number of nitrogens with zero attached hydrogens (tertiary/aromatic N) is 2. The largest absolute Gasteiger partial charge is 0.492 e. The lowest BCUT2D eigenvalue weighted by atomic mass is 9.94. The zero-order valence-electron chi connectivity index (χ0n) is 13.0. The molecular formula is C17H16BrN3O3. The van der Waals surface area contributed by atoms with E-state index in [0.29, 0.717) is 11.3 Å². The number of rotatable bonds is 5. The van der Waals surface area contributed by atoms with Gasteiger partial charge in [-0.15, -0.1) is 0 Å². The van der Waals surface area contributed by atoms with Crippen LogP contribution in [0, 0.1) is 0 Å². The molecule has 1 atom stereocenters. The van der Waals surface area contributed by atoms with Crippen molar-refractivity contribution in [2.75, 3.05) is 13.2 Å². The van der Waals surface area contributed by atoms with E-state index in [1.54, 1.807) is 31.5 Å². The van der Waals surface area contributed by atoms with Gasteiger partial charge in [0, 0.05) is 22.4 Å². The Morgan fingerprint density at radius 3 is 2.83 bits per heavy atom. The summed E-state index contributed by atoms with van der Waals surface area (Å²) in [5, 5.41) is 2.74. The number of carbonyl (C=O) groups excluding carboxylic acids is 2. The zero-order chi connectivity index (χ0) is 17.2. The van der Waals surface area contributed by atoms with Gasteiger partial charge in [0.25, 0.3) is 5.91 Å². The fraction of sp³-hybridized carbons (Fsp3) is 0.235. The summed E-state index contributed by atoms with van der Waals surface area (Å²) in [6.45, 7) is 2.07. The third kappa shape index (κ3) is 3.12. The van der Waals surface area contributed by atoms with Crippen LogP contribution in [0.25, 0.3) is 0 Å². The number of halogens is 1. The number of hydrogen-bond donors (Lipinski definition) is 1. The van der Waals surface area contributed by atoms with Crippen molar-refractivity contribution in [1.82, 2.24) is 15.2 Å². The second-order valence-electron chi connectivity index (χ2n) is 5.56. The monoisotopic (exact) mass is 389 g/mol. The van der Waals surface area contributed by atoms with Crippen LogP contribution < -0.4 is 10.1 Å². The molecule has 0 radical (unpaired) electrons. The topological polar surface area (TPSA) is 71.5 Å². The molecule has 124 valence electrons. The Morgan fingerprint density at radius 1 is 1.29 bits per heavy atom. The first-order valence-corrected chi connectivity index (χ1v) is 8.23. The van der Waals surface area contributed by atoms with Crippen LogP contribution in [0.5, 0.6) is 5.75 Å². The first-order chi connectivity index (χ1) is 11.5. The minimum atomic E-state index is -1.10. The van der Waals surface area contributed by atoms with Gasteiger partial charge in [0.05, 0.1) is 6.54 Å². The Hall–Kier alpha value is -2.41. The number of ether oxygens (including phenoxy) is 1. The van der Waals surface area contributed by atoms with Gasteiger partial charge in [-0.05, 0) is 31.2 Å². The van der Waals surface area contributed by atoms with Crippen molar-refractivity contribution in [3.63, 3.8) is 0 Å². The average Bonchev–Trinajstić information content (AvgIpc) is 2.80. The average molecular weight is 390 g/mol. The number of amides is 3. The molecule has 1 fully saturated rings. The van der Waals surface area contributed by atoms with Crippen molar-refractivity contribution in [1.29, 1.82) is 0 Å². The van der Waals surface area contributed by atoms with E-state index in [4.69, 9.17) is 4.74 Å². The number of aromatic nitrogens is 1. The predicted molar refractivity (Wildman–Crippen MR) is 91.5 cm³/mol. The van der Waals surface area contributed by atoms with Gasteiger partial charge in [0.15, 0.2) is 0 Å². The highest BCUT2D eigenvalue weighted by Gasteiger charge is 2.48. The number of benzene rings is 1. The highest BCUT2D eigenvalue weighted by Crippen LogP contribution is 2.28. The maximum absolute atomic E-state index is 12.7. The van der Waals surface area contributed by atoms with Crippen LogP contribution in [0.15, 0.2) is 53.3 Å². The molecule has 1 aliphatic rings. The van der Waals surface area contributed by atoms with Crippen LogP contribution in [-0.2, 0) is 10.3 Å². The summed E-state index contributed by atoms with van der Waals surface area (Å²) in [5.41, 5.74) is -0.444. The normalized spacial score (nSPS) is 20.2. The third-order valence-corrected chi connectivity index (χ3v) is 4.39. The van der Waals surface area contributed by atoms with Crippen LogP contribution in [0.2, 0.25) is 0 Å². The number of pyridine rings is 1. The smallest absolute Gasteiger partial charge is 0.325 e. The second kappa shape index (κ2) is 6.60. The molecule has 3 amide bonds. The predicted octanol–water partition coefficient (Wildman–Crippen LogP) is 2.69. The SMILES string of the molecule is CC1(c2cccnc2)NC(=O)N(CCOc2cccc(Br)c2)C1=O. The summed E-state index contributed by atoms with van der Waals surface area (Å²) in [6.07, 6.45) is 3.21. The zero-order valence-corrected chi connectivity index (χ0v) is 14.6. The highest BCUT2D eigenvalue weighted by atomic mass is 79.9. The van der Waals surface area contributed by atoms with Crippen LogP contribution in [0.4, 0.5) is 4.79 Å². The van der Waals surface area contributed by atoms with Gasteiger partial charge in [0.1, 0.15) is 17.9 Å². The Balaban J connectivity index is 1.67. The lowest BCUT2D eigenvalue weighted by molar-refractivity contribution is -0.131. The molecule has 2 heterocycles. The summed E-state index contributed by atoms with van der Waals surface area (Å²) >= 11 is 3.37. The molecule has 1 aliphatic heterocycles. The maximum Gasteiger partial charge on any atom is 0.325 e. The van der Waals surface area contributed by atoms with E-state index in [-0.39, 0.29) is 19.1 Å². The molecule has 1 aromatic heterocycles. The van der Waals surface area contributed by atoms with E-state index < -0.39 is 11.6 Å². The first-order valence-electron chi connectivity index (χ1n) is 7.44. The molecule has 1 N–H and O–H groups in total. The van der Waals surface area contributed by atoms with E-state index in [1.807, 2.05) is 24.3 Å². The molecule has 24 heavy (non-hydrogen) atoms. The number of carbonyl (C=O) groups is 2. The van der Waals surface area contributed by atoms with E-state index in [0.717, 1.165) is 4.47 Å². The van der Waals surface area contributed by atoms with Crippen molar-refractivity contribution in [2.45, 2.75) is 12.5 Å². The van der Waals surface area contributed by atoms with Crippen molar-refractivity contribution >= 4 is 27.9 Å². The molecule has 0 bridgehead atoms. The Morgan fingerprint density at radius 2 is 2.12 bits per heavy atom. The van der Waals surface area contributed by atoms with Gasteiger partial charge in [-0.3, -0.25) is 14.7 Å². The molecule has 0 saturated carbocycles. The van der Waals surface area contributed by atoms with E-state index in [1.165, 1.54) is 4.90 Å². The van der Waals surface area contributed by atoms with Crippen molar-refractivity contribution in [3.8, 4) is 5.75 Å². The second-order valence-corrected chi connectivity index (χ2v) is 6.48. The fourth-order valence-electron chi connectivity index (χ4n) is 2.57. The van der Waals surface area contributed by atoms with E-state index >= 15 is 0 Å². The first kappa shape index (κ1) is 16.4. The van der Waals surface area contributed by atoms with Crippen molar-refractivity contribution in [2.24, 2.45) is 0 Å². The molecular weight excluding hydrogens is 374 g/mol. The van der Waals surface area contributed by atoms with Crippen LogP contribution in [0.1, 0.15) is 12.5 Å². The summed E-state index contributed by atoms with van der Waals surface area (Å²) < 4.78 is 6.51. The molecule has 1 unspecified atom stereocenters. The molecule has 0 spiro atoms. The summed E-state index contributed by atoms with van der Waals surface area (Å²) in [7, 11) is 0. The number of nitrogens with one attached hydrogen (secondary N) is 1. The van der Waals surface area contributed by atoms with E-state index in [2.05, 4.69) is 26.2 Å².